The topological polar surface area (TPSA) is 86.8 Å². The summed E-state index contributed by atoms with van der Waals surface area (Å²) >= 11 is 0. The van der Waals surface area contributed by atoms with Gasteiger partial charge in [-0.3, -0.25) is 24.1 Å². The van der Waals surface area contributed by atoms with Gasteiger partial charge in [0.15, 0.2) is 0 Å². The molecular formula is C25H47N3O4. The van der Waals surface area contributed by atoms with Gasteiger partial charge in [0.25, 0.3) is 0 Å². The first-order valence-electron chi connectivity index (χ1n) is 12.6. The molecule has 0 spiro atoms. The molecule has 0 atom stereocenters. The minimum atomic E-state index is -0.0720. The fraction of sp³-hybridized carbons (Fsp3) is 0.760. The number of carbonyl (C=O) groups is 4. The van der Waals surface area contributed by atoms with Crippen molar-refractivity contribution in [3.8, 4) is 0 Å². The molecule has 2 aliphatic rings. The Kier molecular flexibility index (Phi) is 18.2. The second-order valence-electron chi connectivity index (χ2n) is 7.51. The minimum Gasteiger partial charge on any atom is -0.356 e. The van der Waals surface area contributed by atoms with Crippen LogP contribution < -0.4 is 5.32 Å². The van der Waals surface area contributed by atoms with E-state index in [0.717, 1.165) is 58.0 Å². The summed E-state index contributed by atoms with van der Waals surface area (Å²) in [4.78, 5) is 50.0. The molecule has 0 aromatic rings. The van der Waals surface area contributed by atoms with Crippen LogP contribution in [0.1, 0.15) is 99.8 Å². The van der Waals surface area contributed by atoms with Crippen LogP contribution in [0.2, 0.25) is 0 Å². The van der Waals surface area contributed by atoms with Gasteiger partial charge >= 0.3 is 0 Å². The third-order valence-corrected chi connectivity index (χ3v) is 5.24. The summed E-state index contributed by atoms with van der Waals surface area (Å²) in [6.07, 6.45) is 11.9. The summed E-state index contributed by atoms with van der Waals surface area (Å²) in [5.74, 6) is 0.129. The van der Waals surface area contributed by atoms with Crippen molar-refractivity contribution in [3.63, 3.8) is 0 Å². The number of rotatable bonds is 12. The molecule has 0 aromatic carbocycles. The van der Waals surface area contributed by atoms with Crippen LogP contribution in [0.4, 0.5) is 0 Å². The lowest BCUT2D eigenvalue weighted by Gasteiger charge is -2.23. The van der Waals surface area contributed by atoms with E-state index in [1.807, 2.05) is 38.7 Å². The molecule has 0 unspecified atom stereocenters. The average Bonchev–Trinajstić information content (AvgIpc) is 3.16. The monoisotopic (exact) mass is 453 g/mol. The molecule has 7 nitrogen and oxygen atoms in total. The van der Waals surface area contributed by atoms with E-state index < -0.39 is 0 Å². The molecule has 186 valence electrons. The molecule has 2 heterocycles. The Labute approximate surface area is 196 Å². The zero-order chi connectivity index (χ0) is 24.2. The van der Waals surface area contributed by atoms with Crippen LogP contribution in [0.3, 0.4) is 0 Å². The maximum atomic E-state index is 12.0. The van der Waals surface area contributed by atoms with E-state index >= 15 is 0 Å². The Morgan fingerprint density at radius 2 is 1.50 bits per heavy atom. The highest BCUT2D eigenvalue weighted by Crippen LogP contribution is 2.13. The number of unbranched alkanes of at least 4 members (excludes halogenated alkanes) is 4. The lowest BCUT2D eigenvalue weighted by Crippen LogP contribution is -2.33. The number of carbonyl (C=O) groups excluding carboxylic acids is 4. The van der Waals surface area contributed by atoms with Crippen LogP contribution in [0, 0.1) is 0 Å². The van der Waals surface area contributed by atoms with Gasteiger partial charge in [-0.1, -0.05) is 52.7 Å². The molecule has 4 amide bonds. The number of nitrogens with zero attached hydrogens (tertiary/aromatic N) is 2. The first-order chi connectivity index (χ1) is 15.6. The van der Waals surface area contributed by atoms with Crippen LogP contribution in [0.15, 0.2) is 12.2 Å². The standard InChI is InChI=1S/C21H33N3O4.2C2H6.H2/c25-18(10-4-2-9-17-24-20(27)12-13-21(24)28)22-14-6-1-5-11-19(26)23-15-7-3-8-16-23;2*1-2;/h3,7H,1-2,4-6,8-17H2,(H,22,25);2*1-2H3;1H. The zero-order valence-electron chi connectivity index (χ0n) is 20.8. The first kappa shape index (κ1) is 29.8. The molecule has 2 aliphatic heterocycles. The summed E-state index contributed by atoms with van der Waals surface area (Å²) in [6, 6.07) is 0. The molecule has 0 saturated carbocycles. The van der Waals surface area contributed by atoms with E-state index in [2.05, 4.69) is 11.4 Å². The third-order valence-electron chi connectivity index (χ3n) is 5.24. The summed E-state index contributed by atoms with van der Waals surface area (Å²) in [7, 11) is 0. The lowest BCUT2D eigenvalue weighted by molar-refractivity contribution is -0.138. The number of hydrogen-bond acceptors (Lipinski definition) is 4. The van der Waals surface area contributed by atoms with E-state index in [1.54, 1.807) is 0 Å². The van der Waals surface area contributed by atoms with Gasteiger partial charge < -0.3 is 10.2 Å². The van der Waals surface area contributed by atoms with Gasteiger partial charge in [0.05, 0.1) is 0 Å². The van der Waals surface area contributed by atoms with Crippen molar-refractivity contribution in [2.75, 3.05) is 26.2 Å². The van der Waals surface area contributed by atoms with Crippen molar-refractivity contribution in [2.45, 2.75) is 98.3 Å². The van der Waals surface area contributed by atoms with Crippen molar-refractivity contribution < 1.29 is 20.6 Å². The van der Waals surface area contributed by atoms with Gasteiger partial charge in [0.2, 0.25) is 23.6 Å². The molecule has 1 saturated heterocycles. The van der Waals surface area contributed by atoms with Gasteiger partial charge in [-0.05, 0) is 32.1 Å². The predicted molar refractivity (Wildman–Crippen MR) is 131 cm³/mol. The number of amides is 4. The Balaban J connectivity index is 0. The van der Waals surface area contributed by atoms with E-state index in [9.17, 15) is 19.2 Å². The molecule has 0 aliphatic carbocycles. The second-order valence-corrected chi connectivity index (χ2v) is 7.51. The first-order valence-corrected chi connectivity index (χ1v) is 12.6. The molecule has 0 bridgehead atoms. The Morgan fingerprint density at radius 1 is 0.875 bits per heavy atom. The van der Waals surface area contributed by atoms with E-state index in [-0.39, 0.29) is 25.1 Å². The lowest BCUT2D eigenvalue weighted by atomic mass is 10.1. The second kappa shape index (κ2) is 19.5. The smallest absolute Gasteiger partial charge is 0.229 e. The van der Waals surface area contributed by atoms with Crippen molar-refractivity contribution >= 4 is 23.6 Å². The van der Waals surface area contributed by atoms with Crippen LogP contribution in [-0.2, 0) is 19.2 Å². The van der Waals surface area contributed by atoms with Gasteiger partial charge in [0.1, 0.15) is 0 Å². The highest BCUT2D eigenvalue weighted by molar-refractivity contribution is 6.01. The number of imide groups is 1. The van der Waals surface area contributed by atoms with Crippen molar-refractivity contribution in [3.05, 3.63) is 12.2 Å². The summed E-state index contributed by atoms with van der Waals surface area (Å²) in [5, 5.41) is 2.92. The van der Waals surface area contributed by atoms with Gasteiger partial charge in [-0.25, -0.2) is 0 Å². The SMILES string of the molecule is CC.CC.O=C(CCCCCN1C(=O)CCC1=O)NCCCCCC(=O)N1CC=CCC1.[HH]. The largest absolute Gasteiger partial charge is 0.356 e. The van der Waals surface area contributed by atoms with Crippen molar-refractivity contribution in [1.82, 2.24) is 15.1 Å². The van der Waals surface area contributed by atoms with Crippen molar-refractivity contribution in [1.29, 1.82) is 0 Å². The normalized spacial score (nSPS) is 15.0. The molecule has 7 heteroatoms. The summed E-state index contributed by atoms with van der Waals surface area (Å²) in [6.45, 7) is 10.7. The van der Waals surface area contributed by atoms with E-state index in [1.165, 1.54) is 4.90 Å². The molecule has 1 N–H and O–H groups in total. The quantitative estimate of drug-likeness (QED) is 0.268. The number of nitrogens with one attached hydrogen (secondary N) is 1. The Hall–Kier alpha value is -2.18. The van der Waals surface area contributed by atoms with E-state index in [0.29, 0.717) is 38.8 Å². The van der Waals surface area contributed by atoms with Crippen LogP contribution >= 0.6 is 0 Å². The average molecular weight is 454 g/mol. The summed E-state index contributed by atoms with van der Waals surface area (Å²) < 4.78 is 0. The molecular weight excluding hydrogens is 406 g/mol. The fourth-order valence-corrected chi connectivity index (χ4v) is 3.52. The maximum Gasteiger partial charge on any atom is 0.229 e. The minimum absolute atomic E-state index is 0. The molecule has 2 rings (SSSR count). The third kappa shape index (κ3) is 12.6. The predicted octanol–water partition coefficient (Wildman–Crippen LogP) is 4.46. The van der Waals surface area contributed by atoms with Gasteiger partial charge in [-0.15, -0.1) is 0 Å². The molecule has 32 heavy (non-hydrogen) atoms. The van der Waals surface area contributed by atoms with Crippen LogP contribution in [-0.4, -0.2) is 59.6 Å². The highest BCUT2D eigenvalue weighted by Gasteiger charge is 2.27. The van der Waals surface area contributed by atoms with Gasteiger partial charge in [0, 0.05) is 53.3 Å². The molecule has 0 radical (unpaired) electrons. The number of likely N-dealkylation sites (tertiary alicyclic amines) is 1. The fourth-order valence-electron chi connectivity index (χ4n) is 3.52. The van der Waals surface area contributed by atoms with Crippen LogP contribution in [0.25, 0.3) is 0 Å². The molecule has 1 fully saturated rings. The Morgan fingerprint density at radius 3 is 2.12 bits per heavy atom. The number of hydrogen-bond donors (Lipinski definition) is 1. The maximum absolute atomic E-state index is 12.0. The van der Waals surface area contributed by atoms with E-state index in [4.69, 9.17) is 0 Å². The Bertz CT molecular complexity index is 580. The van der Waals surface area contributed by atoms with Gasteiger partial charge in [-0.2, -0.15) is 0 Å². The van der Waals surface area contributed by atoms with Crippen molar-refractivity contribution in [2.24, 2.45) is 0 Å². The zero-order valence-corrected chi connectivity index (χ0v) is 20.8. The van der Waals surface area contributed by atoms with Crippen LogP contribution in [0.5, 0.6) is 0 Å². The molecule has 0 aromatic heterocycles. The summed E-state index contributed by atoms with van der Waals surface area (Å²) in [5.41, 5.74) is 0. The highest BCUT2D eigenvalue weighted by atomic mass is 16.2.